The van der Waals surface area contributed by atoms with Crippen molar-refractivity contribution in [3.8, 4) is 5.75 Å². The molecule has 1 unspecified atom stereocenters. The van der Waals surface area contributed by atoms with Crippen LogP contribution in [0.1, 0.15) is 37.8 Å². The number of hydrogen-bond acceptors (Lipinski definition) is 4. The number of benzene rings is 2. The lowest BCUT2D eigenvalue weighted by Crippen LogP contribution is -2.43. The first-order chi connectivity index (χ1) is 13.1. The third kappa shape index (κ3) is 4.39. The van der Waals surface area contributed by atoms with E-state index in [1.54, 1.807) is 7.11 Å². The van der Waals surface area contributed by atoms with E-state index in [1.165, 1.54) is 0 Å². The molecule has 1 aliphatic rings. The predicted molar refractivity (Wildman–Crippen MR) is 111 cm³/mol. The Bertz CT molecular complexity index is 807. The molecule has 0 saturated carbocycles. The topological polar surface area (TPSA) is 50.8 Å². The van der Waals surface area contributed by atoms with Gasteiger partial charge < -0.3 is 19.7 Å². The number of fused-ring (bicyclic) bond motifs is 1. The van der Waals surface area contributed by atoms with Gasteiger partial charge in [-0.1, -0.05) is 31.5 Å². The van der Waals surface area contributed by atoms with E-state index in [2.05, 4.69) is 12.2 Å². The van der Waals surface area contributed by atoms with Gasteiger partial charge in [0.2, 0.25) is 0 Å². The molecule has 0 fully saturated rings. The summed E-state index contributed by atoms with van der Waals surface area (Å²) in [6.45, 7) is 2.52. The molecular formula is C21H24N2O3S. The number of rotatable bonds is 7. The number of nitrogens with zero attached hydrogens (tertiary/aromatic N) is 1. The van der Waals surface area contributed by atoms with Gasteiger partial charge in [-0.2, -0.15) is 0 Å². The number of hydrogen-bond donors (Lipinski definition) is 1. The van der Waals surface area contributed by atoms with Crippen LogP contribution in [0.5, 0.6) is 5.75 Å². The van der Waals surface area contributed by atoms with Gasteiger partial charge in [-0.3, -0.25) is 4.79 Å². The van der Waals surface area contributed by atoms with E-state index in [9.17, 15) is 4.79 Å². The zero-order chi connectivity index (χ0) is 19.2. The zero-order valence-corrected chi connectivity index (χ0v) is 16.4. The highest BCUT2D eigenvalue weighted by molar-refractivity contribution is 7.80. The fraction of sp³-hybridized carbons (Fsp3) is 0.333. The molecule has 0 spiro atoms. The highest BCUT2D eigenvalue weighted by Gasteiger charge is 2.33. The quantitative estimate of drug-likeness (QED) is 0.425. The molecule has 5 nitrogen and oxygen atoms in total. The third-order valence-corrected chi connectivity index (χ3v) is 4.86. The Labute approximate surface area is 165 Å². The molecule has 2 aromatic carbocycles. The summed E-state index contributed by atoms with van der Waals surface area (Å²) in [4.78, 5) is 14.4. The highest BCUT2D eigenvalue weighted by atomic mass is 32.1. The normalized spacial score (nSPS) is 15.7. The number of unbranched alkanes of at least 4 members (excludes halogenated alkanes) is 1. The van der Waals surface area contributed by atoms with Crippen molar-refractivity contribution >= 4 is 34.7 Å². The number of anilines is 2. The number of thiocarbonyl (C=S) groups is 1. The SMILES string of the molecule is CCCCOC(=O)CC1c2ccccc2NC(=S)N1c1ccc(OC)cc1. The van der Waals surface area contributed by atoms with Crippen LogP contribution in [0.2, 0.25) is 0 Å². The van der Waals surface area contributed by atoms with E-state index in [0.29, 0.717) is 11.7 Å². The van der Waals surface area contributed by atoms with Crippen LogP contribution in [0.3, 0.4) is 0 Å². The summed E-state index contributed by atoms with van der Waals surface area (Å²) in [5.74, 6) is 0.553. The van der Waals surface area contributed by atoms with Gasteiger partial charge in [0.25, 0.3) is 0 Å². The monoisotopic (exact) mass is 384 g/mol. The van der Waals surface area contributed by atoms with Crippen molar-refractivity contribution in [2.75, 3.05) is 23.9 Å². The maximum atomic E-state index is 12.4. The smallest absolute Gasteiger partial charge is 0.308 e. The maximum Gasteiger partial charge on any atom is 0.308 e. The van der Waals surface area contributed by atoms with Crippen LogP contribution in [-0.2, 0) is 9.53 Å². The van der Waals surface area contributed by atoms with Crippen molar-refractivity contribution in [1.29, 1.82) is 0 Å². The van der Waals surface area contributed by atoms with Crippen LogP contribution in [0, 0.1) is 0 Å². The second-order valence-electron chi connectivity index (χ2n) is 6.38. The Balaban J connectivity index is 1.91. The maximum absolute atomic E-state index is 12.4. The first kappa shape index (κ1) is 19.2. The fourth-order valence-corrected chi connectivity index (χ4v) is 3.49. The van der Waals surface area contributed by atoms with E-state index in [-0.39, 0.29) is 18.4 Å². The molecule has 0 radical (unpaired) electrons. The average molecular weight is 385 g/mol. The number of esters is 1. The zero-order valence-electron chi connectivity index (χ0n) is 15.6. The van der Waals surface area contributed by atoms with Gasteiger partial charge in [-0.15, -0.1) is 0 Å². The molecule has 1 heterocycles. The minimum absolute atomic E-state index is 0.216. The summed E-state index contributed by atoms with van der Waals surface area (Å²) in [6.07, 6.45) is 2.09. The van der Waals surface area contributed by atoms with Crippen LogP contribution >= 0.6 is 12.2 Å². The van der Waals surface area contributed by atoms with Gasteiger partial charge in [0, 0.05) is 11.4 Å². The molecule has 0 saturated heterocycles. The van der Waals surface area contributed by atoms with Crippen LogP contribution in [-0.4, -0.2) is 24.8 Å². The first-order valence-corrected chi connectivity index (χ1v) is 9.53. The van der Waals surface area contributed by atoms with Gasteiger partial charge in [0.1, 0.15) is 5.75 Å². The van der Waals surface area contributed by atoms with Crippen molar-refractivity contribution < 1.29 is 14.3 Å². The number of para-hydroxylation sites is 1. The van der Waals surface area contributed by atoms with Gasteiger partial charge in [0.15, 0.2) is 5.11 Å². The second-order valence-corrected chi connectivity index (χ2v) is 6.77. The average Bonchev–Trinajstić information content (AvgIpc) is 2.68. The van der Waals surface area contributed by atoms with E-state index in [0.717, 1.165) is 35.5 Å². The molecule has 142 valence electrons. The van der Waals surface area contributed by atoms with E-state index >= 15 is 0 Å². The van der Waals surface area contributed by atoms with E-state index < -0.39 is 0 Å². The van der Waals surface area contributed by atoms with Gasteiger partial charge in [0.05, 0.1) is 26.2 Å². The molecular weight excluding hydrogens is 360 g/mol. The largest absolute Gasteiger partial charge is 0.497 e. The predicted octanol–water partition coefficient (Wildman–Crippen LogP) is 4.69. The lowest BCUT2D eigenvalue weighted by molar-refractivity contribution is -0.144. The molecule has 0 aromatic heterocycles. The highest BCUT2D eigenvalue weighted by Crippen LogP contribution is 2.38. The van der Waals surface area contributed by atoms with Crippen molar-refractivity contribution in [1.82, 2.24) is 0 Å². The summed E-state index contributed by atoms with van der Waals surface area (Å²) in [5.41, 5.74) is 2.85. The molecule has 1 atom stereocenters. The van der Waals surface area contributed by atoms with Gasteiger partial charge in [-0.05, 0) is 54.5 Å². The molecule has 0 amide bonds. The number of carbonyl (C=O) groups is 1. The van der Waals surface area contributed by atoms with Crippen molar-refractivity contribution in [3.63, 3.8) is 0 Å². The molecule has 0 aliphatic carbocycles. The summed E-state index contributed by atoms with van der Waals surface area (Å²) in [7, 11) is 1.63. The van der Waals surface area contributed by atoms with Crippen LogP contribution in [0.25, 0.3) is 0 Å². The van der Waals surface area contributed by atoms with E-state index in [4.69, 9.17) is 21.7 Å². The van der Waals surface area contributed by atoms with Crippen LogP contribution in [0.15, 0.2) is 48.5 Å². The molecule has 3 rings (SSSR count). The van der Waals surface area contributed by atoms with Crippen molar-refractivity contribution in [2.45, 2.75) is 32.2 Å². The minimum atomic E-state index is -0.225. The second kappa shape index (κ2) is 8.86. The molecule has 1 N–H and O–H groups in total. The van der Waals surface area contributed by atoms with Gasteiger partial charge in [-0.25, -0.2) is 0 Å². The lowest BCUT2D eigenvalue weighted by atomic mass is 9.97. The molecule has 6 heteroatoms. The first-order valence-electron chi connectivity index (χ1n) is 9.13. The Morgan fingerprint density at radius 1 is 1.19 bits per heavy atom. The molecule has 2 aromatic rings. The molecule has 27 heavy (non-hydrogen) atoms. The Morgan fingerprint density at radius 2 is 1.93 bits per heavy atom. The third-order valence-electron chi connectivity index (χ3n) is 4.56. The number of ether oxygens (including phenoxy) is 2. The van der Waals surface area contributed by atoms with Crippen LogP contribution < -0.4 is 15.0 Å². The Morgan fingerprint density at radius 3 is 2.63 bits per heavy atom. The Hall–Kier alpha value is -2.60. The van der Waals surface area contributed by atoms with Crippen LogP contribution in [0.4, 0.5) is 11.4 Å². The standard InChI is InChI=1S/C21H24N2O3S/c1-3-4-13-26-20(24)14-19-17-7-5-6-8-18(17)22-21(27)23(19)15-9-11-16(25-2)12-10-15/h5-12,19H,3-4,13-14H2,1-2H3,(H,22,27). The summed E-state index contributed by atoms with van der Waals surface area (Å²) >= 11 is 5.61. The Kier molecular flexibility index (Phi) is 6.29. The number of carbonyl (C=O) groups excluding carboxylic acids is 1. The molecule has 0 bridgehead atoms. The number of nitrogens with one attached hydrogen (secondary N) is 1. The lowest BCUT2D eigenvalue weighted by Gasteiger charge is -2.39. The summed E-state index contributed by atoms with van der Waals surface area (Å²) in [6, 6.07) is 15.3. The molecule has 1 aliphatic heterocycles. The minimum Gasteiger partial charge on any atom is -0.497 e. The van der Waals surface area contributed by atoms with Crippen molar-refractivity contribution in [2.24, 2.45) is 0 Å². The van der Waals surface area contributed by atoms with E-state index in [1.807, 2.05) is 53.4 Å². The summed E-state index contributed by atoms with van der Waals surface area (Å²) in [5, 5.41) is 3.83. The number of methoxy groups -OCH3 is 1. The van der Waals surface area contributed by atoms with Crippen molar-refractivity contribution in [3.05, 3.63) is 54.1 Å². The fourth-order valence-electron chi connectivity index (χ4n) is 3.15. The van der Waals surface area contributed by atoms with Gasteiger partial charge >= 0.3 is 5.97 Å². The summed E-state index contributed by atoms with van der Waals surface area (Å²) < 4.78 is 10.7.